The van der Waals surface area contributed by atoms with Gasteiger partial charge in [-0.25, -0.2) is 15.0 Å². The van der Waals surface area contributed by atoms with Crippen LogP contribution < -0.4 is 0 Å². The smallest absolute Gasteiger partial charge is 0.160 e. The van der Waals surface area contributed by atoms with E-state index in [1.165, 1.54) is 44.3 Å². The Balaban J connectivity index is 0.917. The molecule has 12 rings (SSSR count). The largest absolute Gasteiger partial charge is 0.247 e. The van der Waals surface area contributed by atoms with Gasteiger partial charge in [0.05, 0.1) is 22.6 Å². The predicted molar refractivity (Wildman–Crippen MR) is 270 cm³/mol. The van der Waals surface area contributed by atoms with Crippen LogP contribution in [0.1, 0.15) is 25.0 Å². The highest BCUT2D eigenvalue weighted by Crippen LogP contribution is 2.49. The molecule has 0 N–H and O–H groups in total. The summed E-state index contributed by atoms with van der Waals surface area (Å²) in [5, 5.41) is 3.49. The van der Waals surface area contributed by atoms with Gasteiger partial charge in [-0.05, 0) is 86.0 Å². The molecule has 9 aromatic carbocycles. The van der Waals surface area contributed by atoms with Crippen molar-refractivity contribution in [3.8, 4) is 89.7 Å². The Morgan fingerprint density at radius 3 is 1.62 bits per heavy atom. The molecule has 1 aliphatic carbocycles. The first-order chi connectivity index (χ1) is 32.0. The summed E-state index contributed by atoms with van der Waals surface area (Å²) in [4.78, 5) is 15.6. The number of hydrogen-bond acceptors (Lipinski definition) is 3. The Hall–Kier alpha value is -8.27. The van der Waals surface area contributed by atoms with Gasteiger partial charge in [-0.1, -0.05) is 208 Å². The first-order valence-electron chi connectivity index (χ1n) is 22.3. The molecule has 306 valence electrons. The third-order valence-corrected chi connectivity index (χ3v) is 13.3. The molecule has 11 aromatic rings. The monoisotopic (exact) mass is 829 g/mol. The number of para-hydroxylation sites is 1. The molecule has 1 aliphatic rings. The summed E-state index contributed by atoms with van der Waals surface area (Å²) in [7, 11) is 0. The van der Waals surface area contributed by atoms with Crippen LogP contribution in [-0.2, 0) is 5.41 Å². The molecule has 3 nitrogen and oxygen atoms in total. The van der Waals surface area contributed by atoms with E-state index in [0.29, 0.717) is 5.82 Å². The first kappa shape index (κ1) is 38.4. The van der Waals surface area contributed by atoms with Crippen molar-refractivity contribution < 1.29 is 0 Å². The van der Waals surface area contributed by atoms with E-state index in [9.17, 15) is 0 Å². The number of aromatic nitrogens is 3. The van der Waals surface area contributed by atoms with Crippen LogP contribution in [0.15, 0.2) is 224 Å². The number of fused-ring (bicyclic) bond motifs is 6. The Kier molecular flexibility index (Phi) is 9.17. The van der Waals surface area contributed by atoms with E-state index >= 15 is 0 Å². The van der Waals surface area contributed by atoms with E-state index < -0.39 is 0 Å². The molecule has 0 amide bonds. The molecule has 0 spiro atoms. The minimum absolute atomic E-state index is 0.0512. The number of rotatable bonds is 7. The van der Waals surface area contributed by atoms with Gasteiger partial charge in [-0.3, -0.25) is 0 Å². The van der Waals surface area contributed by atoms with Crippen LogP contribution in [0, 0.1) is 0 Å². The molecular weight excluding hydrogens is 787 g/mol. The van der Waals surface area contributed by atoms with Crippen molar-refractivity contribution in [1.82, 2.24) is 15.0 Å². The summed E-state index contributed by atoms with van der Waals surface area (Å²) in [5.74, 6) is 0.697. The average Bonchev–Trinajstić information content (AvgIpc) is 3.61. The summed E-state index contributed by atoms with van der Waals surface area (Å²) in [6.07, 6.45) is 0. The third-order valence-electron chi connectivity index (χ3n) is 13.3. The number of nitrogens with zero attached hydrogens (tertiary/aromatic N) is 3. The molecule has 0 saturated carbocycles. The van der Waals surface area contributed by atoms with E-state index in [2.05, 4.69) is 220 Å². The van der Waals surface area contributed by atoms with Crippen molar-refractivity contribution >= 4 is 21.7 Å². The normalized spacial score (nSPS) is 12.6. The van der Waals surface area contributed by atoms with Gasteiger partial charge < -0.3 is 0 Å². The highest BCUT2D eigenvalue weighted by molar-refractivity contribution is 6.17. The van der Waals surface area contributed by atoms with E-state index in [-0.39, 0.29) is 5.41 Å². The summed E-state index contributed by atoms with van der Waals surface area (Å²) < 4.78 is 0. The van der Waals surface area contributed by atoms with Crippen molar-refractivity contribution in [2.24, 2.45) is 0 Å². The van der Waals surface area contributed by atoms with E-state index in [1.807, 2.05) is 18.2 Å². The minimum atomic E-state index is -0.0512. The van der Waals surface area contributed by atoms with Crippen molar-refractivity contribution in [2.45, 2.75) is 19.3 Å². The second-order valence-corrected chi connectivity index (χ2v) is 17.6. The van der Waals surface area contributed by atoms with Gasteiger partial charge >= 0.3 is 0 Å². The predicted octanol–water partition coefficient (Wildman–Crippen LogP) is 16.2. The highest BCUT2D eigenvalue weighted by Gasteiger charge is 2.35. The van der Waals surface area contributed by atoms with Crippen molar-refractivity contribution in [3.05, 3.63) is 236 Å². The van der Waals surface area contributed by atoms with Crippen molar-refractivity contribution in [2.75, 3.05) is 0 Å². The van der Waals surface area contributed by atoms with Crippen LogP contribution in [-0.4, -0.2) is 15.0 Å². The summed E-state index contributed by atoms with van der Waals surface area (Å²) >= 11 is 0. The van der Waals surface area contributed by atoms with Crippen LogP contribution >= 0.6 is 0 Å². The maximum absolute atomic E-state index is 5.21. The quantitative estimate of drug-likeness (QED) is 0.150. The number of benzene rings is 9. The zero-order valence-electron chi connectivity index (χ0n) is 36.2. The Morgan fingerprint density at radius 2 is 0.831 bits per heavy atom. The van der Waals surface area contributed by atoms with Crippen LogP contribution in [0.25, 0.3) is 111 Å². The fraction of sp³-hybridized carbons (Fsp3) is 0.0484. The molecule has 2 aromatic heterocycles. The lowest BCUT2D eigenvalue weighted by molar-refractivity contribution is 0.660. The average molecular weight is 830 g/mol. The lowest BCUT2D eigenvalue weighted by Crippen LogP contribution is -2.14. The fourth-order valence-electron chi connectivity index (χ4n) is 9.96. The van der Waals surface area contributed by atoms with Gasteiger partial charge in [0.25, 0.3) is 0 Å². The molecule has 0 bridgehead atoms. The third kappa shape index (κ3) is 6.72. The van der Waals surface area contributed by atoms with Crippen LogP contribution in [0.4, 0.5) is 0 Å². The highest BCUT2D eigenvalue weighted by atomic mass is 14.9. The zero-order valence-corrected chi connectivity index (χ0v) is 36.2. The minimum Gasteiger partial charge on any atom is -0.247 e. The van der Waals surface area contributed by atoms with Gasteiger partial charge in [-0.15, -0.1) is 0 Å². The molecule has 3 heteroatoms. The Labute approximate surface area is 379 Å². The number of pyridine rings is 1. The van der Waals surface area contributed by atoms with E-state index in [0.717, 1.165) is 72.3 Å². The molecule has 0 radical (unpaired) electrons. The molecule has 0 aliphatic heterocycles. The van der Waals surface area contributed by atoms with Crippen LogP contribution in [0.5, 0.6) is 0 Å². The van der Waals surface area contributed by atoms with Gasteiger partial charge in [0.2, 0.25) is 0 Å². The lowest BCUT2D eigenvalue weighted by Gasteiger charge is -2.22. The molecule has 0 fully saturated rings. The number of hydrogen-bond donors (Lipinski definition) is 0. The summed E-state index contributed by atoms with van der Waals surface area (Å²) in [6.45, 7) is 4.67. The molecule has 0 atom stereocenters. The lowest BCUT2D eigenvalue weighted by atomic mass is 9.81. The molecule has 2 heterocycles. The van der Waals surface area contributed by atoms with Crippen molar-refractivity contribution in [1.29, 1.82) is 0 Å². The second-order valence-electron chi connectivity index (χ2n) is 17.6. The maximum atomic E-state index is 5.21. The molecule has 65 heavy (non-hydrogen) atoms. The van der Waals surface area contributed by atoms with Gasteiger partial charge in [-0.2, -0.15) is 0 Å². The Bertz CT molecular complexity index is 3610. The topological polar surface area (TPSA) is 38.7 Å². The maximum Gasteiger partial charge on any atom is 0.160 e. The molecule has 0 saturated heterocycles. The van der Waals surface area contributed by atoms with Crippen LogP contribution in [0.3, 0.4) is 0 Å². The standard InChI is InChI=1S/C62H43N3/c1-62(2)54-28-11-9-24-50(54)51-35-34-46(38-55(51)62)40-30-32-41(33-31-40)57-39-58(65-61(64-57)43-18-7-4-8-19-43)48-23-14-21-45(37-48)44-20-13-22-47(36-44)49-26-15-27-53-59(49)52-25-10-12-29-56(52)63-60(53)42-16-5-3-6-17-42/h3-39H,1-2H3. The van der Waals surface area contributed by atoms with E-state index in [1.54, 1.807) is 0 Å². The molecule has 0 unspecified atom stereocenters. The van der Waals surface area contributed by atoms with Crippen LogP contribution in [0.2, 0.25) is 0 Å². The van der Waals surface area contributed by atoms with E-state index in [4.69, 9.17) is 15.0 Å². The van der Waals surface area contributed by atoms with Crippen molar-refractivity contribution in [3.63, 3.8) is 0 Å². The SMILES string of the molecule is CC1(C)c2ccccc2-c2ccc(-c3ccc(-c4cc(-c5cccc(-c6cccc(-c7cccc8c(-c9ccccc9)nc9ccccc9c78)c6)c5)nc(-c5ccccc5)n4)cc3)cc21. The second kappa shape index (κ2) is 15.5. The Morgan fingerprint density at radius 1 is 0.308 bits per heavy atom. The summed E-state index contributed by atoms with van der Waals surface area (Å²) in [5.41, 5.74) is 20.3. The van der Waals surface area contributed by atoms with Gasteiger partial charge in [0.15, 0.2) is 5.82 Å². The fourth-order valence-corrected chi connectivity index (χ4v) is 9.96. The summed E-state index contributed by atoms with van der Waals surface area (Å²) in [6, 6.07) is 80.2. The zero-order chi connectivity index (χ0) is 43.5. The first-order valence-corrected chi connectivity index (χ1v) is 22.3. The van der Waals surface area contributed by atoms with Gasteiger partial charge in [0.1, 0.15) is 0 Å². The van der Waals surface area contributed by atoms with Gasteiger partial charge in [0, 0.05) is 43.8 Å². The molecular formula is C62H43N3.